The average Bonchev–Trinajstić information content (AvgIpc) is 2.28. The molecular weight excluding hydrogens is 302 g/mol. The third-order valence-corrected chi connectivity index (χ3v) is 4.02. The molecule has 2 N–H and O–H groups in total. The number of nitrogens with zero attached hydrogens (tertiary/aromatic N) is 1. The van der Waals surface area contributed by atoms with Gasteiger partial charge in [0.25, 0.3) is 0 Å². The van der Waals surface area contributed by atoms with Gasteiger partial charge < -0.3 is 0 Å². The number of aryl methyl sites for hydroxylation is 1. The topological polar surface area (TPSA) is 70.7 Å². The van der Waals surface area contributed by atoms with E-state index >= 15 is 0 Å². The van der Waals surface area contributed by atoms with Crippen molar-refractivity contribution in [3.05, 3.63) is 34.0 Å². The first-order chi connectivity index (χ1) is 9.19. The van der Waals surface area contributed by atoms with E-state index in [4.69, 9.17) is 0 Å². The minimum atomic E-state index is -4.60. The third kappa shape index (κ3) is 2.84. The van der Waals surface area contributed by atoms with Crippen molar-refractivity contribution in [1.82, 2.24) is 15.0 Å². The van der Waals surface area contributed by atoms with Crippen LogP contribution in [0.3, 0.4) is 0 Å². The van der Waals surface area contributed by atoms with Gasteiger partial charge in [0.05, 0.1) is 10.8 Å². The maximum Gasteiger partial charge on any atom is 0.400 e. The summed E-state index contributed by atoms with van der Waals surface area (Å²) in [4.78, 5) is 10.9. The lowest BCUT2D eigenvalue weighted by Crippen LogP contribution is -2.33. The van der Waals surface area contributed by atoms with Gasteiger partial charge in [-0.15, -0.1) is 0 Å². The number of rotatable bonds is 3. The highest BCUT2D eigenvalue weighted by Crippen LogP contribution is 2.25. The predicted octanol–water partition coefficient (Wildman–Crippen LogP) is 1.61. The summed E-state index contributed by atoms with van der Waals surface area (Å²) >= 11 is 0. The van der Waals surface area contributed by atoms with Crippen LogP contribution in [-0.4, -0.2) is 31.1 Å². The van der Waals surface area contributed by atoms with Crippen LogP contribution in [0.5, 0.6) is 0 Å². The number of aromatic amines is 2. The van der Waals surface area contributed by atoms with E-state index in [2.05, 4.69) is 10.3 Å². The van der Waals surface area contributed by atoms with Gasteiger partial charge in [-0.25, -0.2) is 19.5 Å². The van der Waals surface area contributed by atoms with Gasteiger partial charge in [0.2, 0.25) is 0 Å². The molecule has 1 unspecified atom stereocenters. The number of hydrogen-bond acceptors (Lipinski definition) is 2. The van der Waals surface area contributed by atoms with Crippen molar-refractivity contribution >= 4 is 10.8 Å². The lowest BCUT2D eigenvalue weighted by Gasteiger charge is -2.13. The molecule has 5 nitrogen and oxygen atoms in total. The Labute approximate surface area is 112 Å². The Morgan fingerprint density at radius 1 is 1.35 bits per heavy atom. The van der Waals surface area contributed by atoms with Gasteiger partial charge in [-0.1, -0.05) is 0 Å². The van der Waals surface area contributed by atoms with Crippen LogP contribution in [0, 0.1) is 12.7 Å². The van der Waals surface area contributed by atoms with Gasteiger partial charge in [-0.2, -0.15) is 17.9 Å². The molecule has 0 aliphatic heterocycles. The van der Waals surface area contributed by atoms with E-state index in [-0.39, 0.29) is 16.1 Å². The van der Waals surface area contributed by atoms with Crippen LogP contribution in [0.2, 0.25) is 0 Å². The SMILES string of the molecule is Cc1cc(F)c(-n2[nH][nH]c2=O)cc1S(=O)CC(F)(F)F. The molecule has 0 aliphatic rings. The molecule has 110 valence electrons. The number of aromatic nitrogens is 3. The lowest BCUT2D eigenvalue weighted by molar-refractivity contribution is -0.105. The van der Waals surface area contributed by atoms with E-state index in [1.54, 1.807) is 0 Å². The summed E-state index contributed by atoms with van der Waals surface area (Å²) in [6.07, 6.45) is -4.60. The molecule has 0 radical (unpaired) electrons. The first-order valence-electron chi connectivity index (χ1n) is 5.30. The molecule has 1 aromatic heterocycles. The van der Waals surface area contributed by atoms with E-state index in [9.17, 15) is 26.6 Å². The minimum Gasteiger partial charge on any atom is -0.254 e. The smallest absolute Gasteiger partial charge is 0.254 e. The Bertz CT molecular complexity index is 713. The van der Waals surface area contributed by atoms with Crippen molar-refractivity contribution in [3.63, 3.8) is 0 Å². The lowest BCUT2D eigenvalue weighted by atomic mass is 10.2. The summed E-state index contributed by atoms with van der Waals surface area (Å²) in [5, 5.41) is 4.36. The molecule has 10 heteroatoms. The number of hydrogen-bond donors (Lipinski definition) is 2. The molecule has 1 heterocycles. The molecule has 2 aromatic rings. The Morgan fingerprint density at radius 2 is 2.00 bits per heavy atom. The van der Waals surface area contributed by atoms with Gasteiger partial charge in [-0.3, -0.25) is 4.21 Å². The molecule has 0 amide bonds. The van der Waals surface area contributed by atoms with Gasteiger partial charge in [-0.05, 0) is 24.6 Å². The molecule has 0 saturated heterocycles. The summed E-state index contributed by atoms with van der Waals surface area (Å²) in [5.41, 5.74) is -0.833. The van der Waals surface area contributed by atoms with Crippen LogP contribution in [-0.2, 0) is 10.8 Å². The van der Waals surface area contributed by atoms with Crippen LogP contribution < -0.4 is 5.69 Å². The molecule has 2 rings (SSSR count). The van der Waals surface area contributed by atoms with E-state index in [0.717, 1.165) is 16.8 Å². The van der Waals surface area contributed by atoms with Crippen molar-refractivity contribution in [3.8, 4) is 5.69 Å². The number of benzene rings is 1. The monoisotopic (exact) mass is 311 g/mol. The summed E-state index contributed by atoms with van der Waals surface area (Å²) < 4.78 is 62.9. The summed E-state index contributed by atoms with van der Waals surface area (Å²) in [6.45, 7) is 1.35. The first kappa shape index (κ1) is 14.6. The maximum absolute atomic E-state index is 13.7. The fourth-order valence-corrected chi connectivity index (χ4v) is 2.73. The number of nitrogens with one attached hydrogen (secondary N) is 2. The molecule has 0 spiro atoms. The van der Waals surface area contributed by atoms with Gasteiger partial charge >= 0.3 is 11.9 Å². The standard InChI is InChI=1S/C10H9F4N3O2S/c1-5-2-6(11)7(17-9(18)15-16-17)3-8(5)20(19)4-10(12,13)14/h2-3,16H,4H2,1H3,(H,15,18). The highest BCUT2D eigenvalue weighted by molar-refractivity contribution is 7.85. The van der Waals surface area contributed by atoms with Crippen molar-refractivity contribution in [2.24, 2.45) is 0 Å². The van der Waals surface area contributed by atoms with Gasteiger partial charge in [0.15, 0.2) is 0 Å². The van der Waals surface area contributed by atoms with E-state index in [1.807, 2.05) is 0 Å². The maximum atomic E-state index is 13.7. The quantitative estimate of drug-likeness (QED) is 0.846. The first-order valence-corrected chi connectivity index (χ1v) is 6.62. The van der Waals surface area contributed by atoms with E-state index < -0.39 is 34.2 Å². The molecule has 1 atom stereocenters. The van der Waals surface area contributed by atoms with Crippen LogP contribution in [0.25, 0.3) is 5.69 Å². The fourth-order valence-electron chi connectivity index (χ4n) is 1.61. The van der Waals surface area contributed by atoms with Crippen molar-refractivity contribution in [2.45, 2.75) is 18.0 Å². The van der Waals surface area contributed by atoms with Crippen LogP contribution in [0.1, 0.15) is 5.56 Å². The Kier molecular flexibility index (Phi) is 3.59. The van der Waals surface area contributed by atoms with E-state index in [1.165, 1.54) is 6.92 Å². The van der Waals surface area contributed by atoms with Crippen LogP contribution in [0.4, 0.5) is 17.6 Å². The number of halogens is 4. The second-order valence-electron chi connectivity index (χ2n) is 4.05. The second kappa shape index (κ2) is 4.93. The fraction of sp³-hybridized carbons (Fsp3) is 0.300. The largest absolute Gasteiger partial charge is 0.400 e. The second-order valence-corrected chi connectivity index (χ2v) is 5.47. The van der Waals surface area contributed by atoms with Crippen molar-refractivity contribution in [2.75, 3.05) is 5.75 Å². The third-order valence-electron chi connectivity index (χ3n) is 2.50. The zero-order valence-electron chi connectivity index (χ0n) is 10.0. The number of alkyl halides is 3. The molecule has 0 bridgehead atoms. The molecular formula is C10H9F4N3O2S. The summed E-state index contributed by atoms with van der Waals surface area (Å²) in [5.74, 6) is -2.34. The van der Waals surface area contributed by atoms with Crippen molar-refractivity contribution < 1.29 is 21.8 Å². The molecule has 1 aromatic carbocycles. The molecule has 0 fully saturated rings. The molecule has 0 saturated carbocycles. The van der Waals surface area contributed by atoms with Gasteiger partial charge in [0, 0.05) is 4.90 Å². The van der Waals surface area contributed by atoms with Crippen molar-refractivity contribution in [1.29, 1.82) is 0 Å². The number of H-pyrrole nitrogens is 2. The zero-order valence-corrected chi connectivity index (χ0v) is 10.9. The van der Waals surface area contributed by atoms with Crippen LogP contribution in [0.15, 0.2) is 21.8 Å². The Balaban J connectivity index is 2.46. The zero-order chi connectivity index (χ0) is 15.1. The Morgan fingerprint density at radius 3 is 2.45 bits per heavy atom. The Hall–Kier alpha value is -1.84. The average molecular weight is 311 g/mol. The van der Waals surface area contributed by atoms with Gasteiger partial charge in [0.1, 0.15) is 17.3 Å². The highest BCUT2D eigenvalue weighted by Gasteiger charge is 2.32. The molecule has 20 heavy (non-hydrogen) atoms. The summed E-state index contributed by atoms with van der Waals surface area (Å²) in [6, 6.07) is 1.91. The highest BCUT2D eigenvalue weighted by atomic mass is 32.2. The van der Waals surface area contributed by atoms with E-state index in [0.29, 0.717) is 0 Å². The normalized spacial score (nSPS) is 13.7. The predicted molar refractivity (Wildman–Crippen MR) is 62.8 cm³/mol. The minimum absolute atomic E-state index is 0.120. The molecule has 0 aliphatic carbocycles. The van der Waals surface area contributed by atoms with Crippen LogP contribution >= 0.6 is 0 Å². The summed E-state index contributed by atoms with van der Waals surface area (Å²) in [7, 11) is -2.37.